The van der Waals surface area contributed by atoms with E-state index in [0.29, 0.717) is 5.56 Å². The third-order valence-corrected chi connectivity index (χ3v) is 6.13. The molecule has 1 aromatic heterocycles. The van der Waals surface area contributed by atoms with Crippen molar-refractivity contribution in [3.8, 4) is 0 Å². The molecule has 2 N–H and O–H groups in total. The Hall–Kier alpha value is -0.730. The summed E-state index contributed by atoms with van der Waals surface area (Å²) in [5, 5.41) is 9.33. The molecular weight excluding hydrogens is 374 g/mol. The number of aliphatic hydroxyl groups excluding tert-OH is 1. The highest BCUT2D eigenvalue weighted by Gasteiger charge is 2.15. The van der Waals surface area contributed by atoms with Crippen molar-refractivity contribution < 1.29 is 13.5 Å². The predicted molar refractivity (Wildman–Crippen MR) is 87.8 cm³/mol. The van der Waals surface area contributed by atoms with Crippen LogP contribution in [-0.4, -0.2) is 13.5 Å². The van der Waals surface area contributed by atoms with E-state index in [0.717, 1.165) is 20.6 Å². The minimum Gasteiger partial charge on any atom is -0.392 e. The molecule has 1 aromatic carbocycles. The summed E-state index contributed by atoms with van der Waals surface area (Å²) in [6.45, 7) is 2.06. The van der Waals surface area contributed by atoms with Crippen molar-refractivity contribution in [2.45, 2.75) is 31.4 Å². The molecule has 0 saturated heterocycles. The van der Waals surface area contributed by atoms with Gasteiger partial charge in [-0.25, -0.2) is 13.1 Å². The third-order valence-electron chi connectivity index (χ3n) is 3.10. The Bertz CT molecular complexity index is 726. The van der Waals surface area contributed by atoms with Crippen LogP contribution in [-0.2, 0) is 29.6 Å². The molecule has 0 fully saturated rings. The fraction of sp³-hybridized carbons (Fsp3) is 0.286. The summed E-state index contributed by atoms with van der Waals surface area (Å²) in [7, 11) is -3.58. The average molecular weight is 390 g/mol. The molecular formula is C14H16BrNO3S2. The standard InChI is InChI=1S/C14H16BrNO3S2/c1-2-10-3-5-13(7-11(10)9-17)21(18,19)16-8-12-4-6-14(15)20-12/h3-7,16-17H,2,8-9H2,1H3. The zero-order valence-electron chi connectivity index (χ0n) is 11.5. The molecule has 21 heavy (non-hydrogen) atoms. The van der Waals surface area contributed by atoms with Crippen LogP contribution in [0.25, 0.3) is 0 Å². The molecule has 0 spiro atoms. The first-order chi connectivity index (χ1) is 9.96. The van der Waals surface area contributed by atoms with Crippen LogP contribution in [0.15, 0.2) is 39.0 Å². The fourth-order valence-electron chi connectivity index (χ4n) is 1.96. The molecule has 4 nitrogen and oxygen atoms in total. The first-order valence-corrected chi connectivity index (χ1v) is 9.52. The zero-order valence-corrected chi connectivity index (χ0v) is 14.7. The molecule has 2 rings (SSSR count). The van der Waals surface area contributed by atoms with Crippen LogP contribution in [0.4, 0.5) is 0 Å². The maximum atomic E-state index is 12.3. The highest BCUT2D eigenvalue weighted by molar-refractivity contribution is 9.11. The molecule has 0 aliphatic rings. The third kappa shape index (κ3) is 4.14. The van der Waals surface area contributed by atoms with Gasteiger partial charge in [0, 0.05) is 11.4 Å². The van der Waals surface area contributed by atoms with Gasteiger partial charge < -0.3 is 5.11 Å². The van der Waals surface area contributed by atoms with Crippen LogP contribution in [0.5, 0.6) is 0 Å². The lowest BCUT2D eigenvalue weighted by atomic mass is 10.1. The van der Waals surface area contributed by atoms with Crippen molar-refractivity contribution in [1.29, 1.82) is 0 Å². The summed E-state index contributed by atoms with van der Waals surface area (Å²) < 4.78 is 28.1. The van der Waals surface area contributed by atoms with Crippen LogP contribution in [0, 0.1) is 0 Å². The number of nitrogens with one attached hydrogen (secondary N) is 1. The minimum atomic E-state index is -3.58. The summed E-state index contributed by atoms with van der Waals surface area (Å²) in [6, 6.07) is 8.61. The van der Waals surface area contributed by atoms with Gasteiger partial charge >= 0.3 is 0 Å². The lowest BCUT2D eigenvalue weighted by Gasteiger charge is -2.10. The van der Waals surface area contributed by atoms with Crippen molar-refractivity contribution >= 4 is 37.3 Å². The maximum absolute atomic E-state index is 12.3. The summed E-state index contributed by atoms with van der Waals surface area (Å²) in [5.74, 6) is 0. The van der Waals surface area contributed by atoms with Crippen LogP contribution in [0.3, 0.4) is 0 Å². The highest BCUT2D eigenvalue weighted by Crippen LogP contribution is 2.23. The van der Waals surface area contributed by atoms with E-state index in [9.17, 15) is 13.5 Å². The first-order valence-electron chi connectivity index (χ1n) is 6.43. The van der Waals surface area contributed by atoms with Crippen molar-refractivity contribution in [2.24, 2.45) is 0 Å². The average Bonchev–Trinajstić information content (AvgIpc) is 2.90. The van der Waals surface area contributed by atoms with Crippen molar-refractivity contribution in [3.63, 3.8) is 0 Å². The van der Waals surface area contributed by atoms with Gasteiger partial charge in [0.2, 0.25) is 10.0 Å². The lowest BCUT2D eigenvalue weighted by molar-refractivity contribution is 0.280. The second kappa shape index (κ2) is 7.02. The van der Waals surface area contributed by atoms with Crippen LogP contribution < -0.4 is 4.72 Å². The second-order valence-corrected chi connectivity index (χ2v) is 8.79. The fourth-order valence-corrected chi connectivity index (χ4v) is 4.53. The van der Waals surface area contributed by atoms with Gasteiger partial charge in [-0.05, 0) is 57.7 Å². The van der Waals surface area contributed by atoms with E-state index in [4.69, 9.17) is 0 Å². The number of sulfonamides is 1. The predicted octanol–water partition coefficient (Wildman–Crippen LogP) is 3.04. The molecule has 0 amide bonds. The Balaban J connectivity index is 2.19. The van der Waals surface area contributed by atoms with E-state index in [1.165, 1.54) is 17.4 Å². The summed E-state index contributed by atoms with van der Waals surface area (Å²) in [4.78, 5) is 1.11. The number of hydrogen-bond acceptors (Lipinski definition) is 4. The smallest absolute Gasteiger partial charge is 0.240 e. The molecule has 0 atom stereocenters. The second-order valence-electron chi connectivity index (χ2n) is 4.47. The van der Waals surface area contributed by atoms with Crippen LogP contribution in [0.1, 0.15) is 22.9 Å². The Morgan fingerprint density at radius 1 is 1.24 bits per heavy atom. The van der Waals surface area contributed by atoms with Crippen molar-refractivity contribution in [3.05, 3.63) is 50.1 Å². The van der Waals surface area contributed by atoms with E-state index >= 15 is 0 Å². The van der Waals surface area contributed by atoms with Crippen molar-refractivity contribution in [2.75, 3.05) is 0 Å². The highest BCUT2D eigenvalue weighted by atomic mass is 79.9. The Kier molecular flexibility index (Phi) is 5.56. The molecule has 7 heteroatoms. The number of benzene rings is 1. The number of aliphatic hydroxyl groups is 1. The first kappa shape index (κ1) is 16.6. The molecule has 0 aliphatic carbocycles. The van der Waals surface area contributed by atoms with Gasteiger partial charge in [-0.2, -0.15) is 0 Å². The summed E-state index contributed by atoms with van der Waals surface area (Å²) in [6.07, 6.45) is 0.757. The molecule has 2 aromatic rings. The number of halogens is 1. The van der Waals surface area contributed by atoms with Gasteiger partial charge in [0.1, 0.15) is 0 Å². The minimum absolute atomic E-state index is 0.162. The van der Waals surface area contributed by atoms with Crippen LogP contribution in [0.2, 0.25) is 0 Å². The van der Waals surface area contributed by atoms with E-state index in [1.807, 2.05) is 19.1 Å². The Labute approximate surface area is 137 Å². The molecule has 114 valence electrons. The van der Waals surface area contributed by atoms with E-state index in [2.05, 4.69) is 20.7 Å². The monoisotopic (exact) mass is 389 g/mol. The molecule has 0 aliphatic heterocycles. The van der Waals surface area contributed by atoms with E-state index in [1.54, 1.807) is 12.1 Å². The normalized spacial score (nSPS) is 11.8. The van der Waals surface area contributed by atoms with Gasteiger partial charge in [0.15, 0.2) is 0 Å². The zero-order chi connectivity index (χ0) is 15.5. The van der Waals surface area contributed by atoms with E-state index in [-0.39, 0.29) is 18.0 Å². The SMILES string of the molecule is CCc1ccc(S(=O)(=O)NCc2ccc(Br)s2)cc1CO. The topological polar surface area (TPSA) is 66.4 Å². The van der Waals surface area contributed by atoms with Gasteiger partial charge in [0.25, 0.3) is 0 Å². The lowest BCUT2D eigenvalue weighted by Crippen LogP contribution is -2.23. The Morgan fingerprint density at radius 3 is 2.57 bits per heavy atom. The van der Waals surface area contributed by atoms with E-state index < -0.39 is 10.0 Å². The largest absolute Gasteiger partial charge is 0.392 e. The quantitative estimate of drug-likeness (QED) is 0.797. The van der Waals surface area contributed by atoms with Gasteiger partial charge in [-0.15, -0.1) is 11.3 Å². The van der Waals surface area contributed by atoms with Crippen molar-refractivity contribution in [1.82, 2.24) is 4.72 Å². The molecule has 0 bridgehead atoms. The summed E-state index contributed by atoms with van der Waals surface area (Å²) in [5.41, 5.74) is 1.61. The maximum Gasteiger partial charge on any atom is 0.240 e. The van der Waals surface area contributed by atoms with Gasteiger partial charge in [-0.1, -0.05) is 13.0 Å². The molecule has 0 unspecified atom stereocenters. The van der Waals surface area contributed by atoms with Gasteiger partial charge in [-0.3, -0.25) is 0 Å². The number of aryl methyl sites for hydroxylation is 1. The summed E-state index contributed by atoms with van der Waals surface area (Å²) >= 11 is 4.83. The number of rotatable bonds is 6. The number of thiophene rings is 1. The molecule has 0 saturated carbocycles. The molecule has 1 heterocycles. The number of hydrogen-bond donors (Lipinski definition) is 2. The van der Waals surface area contributed by atoms with Gasteiger partial charge in [0.05, 0.1) is 15.3 Å². The van der Waals surface area contributed by atoms with Crippen LogP contribution >= 0.6 is 27.3 Å². The molecule has 0 radical (unpaired) electrons. The Morgan fingerprint density at radius 2 is 2.00 bits per heavy atom.